The second kappa shape index (κ2) is 5.97. The second-order valence-electron chi connectivity index (χ2n) is 4.79. The topological polar surface area (TPSA) is 36.4 Å². The minimum atomic E-state index is -0.578. The number of hydrogen-bond acceptors (Lipinski definition) is 3. The van der Waals surface area contributed by atoms with E-state index in [4.69, 9.17) is 0 Å². The average molecular weight is 222 g/mol. The lowest BCUT2D eigenvalue weighted by atomic mass is 10.1. The molecule has 90 valence electrons. The van der Waals surface area contributed by atoms with Crippen molar-refractivity contribution in [3.05, 3.63) is 30.1 Å². The van der Waals surface area contributed by atoms with Gasteiger partial charge in [0.2, 0.25) is 0 Å². The number of aliphatic hydroxyl groups is 1. The fourth-order valence-electron chi connectivity index (χ4n) is 1.53. The maximum atomic E-state index is 9.69. The number of hydrogen-bond donors (Lipinski definition) is 1. The van der Waals surface area contributed by atoms with Crippen molar-refractivity contribution in [1.82, 2.24) is 9.88 Å². The predicted molar refractivity (Wildman–Crippen MR) is 66.1 cm³/mol. The Labute approximate surface area is 98.1 Å². The molecule has 0 fully saturated rings. The summed E-state index contributed by atoms with van der Waals surface area (Å²) >= 11 is 0. The highest BCUT2D eigenvalue weighted by Gasteiger charge is 2.14. The maximum absolute atomic E-state index is 9.69. The predicted octanol–water partition coefficient (Wildman–Crippen LogP) is 2.06. The number of nitrogens with zero attached hydrogens (tertiary/aromatic N) is 2. The standard InChI is InChI=1S/C13H22N2O/c1-4-15(10-7-13(2,3)16)11-12-5-8-14-9-6-12/h5-6,8-9,16H,4,7,10-11H2,1-3H3. The van der Waals surface area contributed by atoms with Crippen LogP contribution >= 0.6 is 0 Å². The van der Waals surface area contributed by atoms with Gasteiger partial charge < -0.3 is 5.11 Å². The van der Waals surface area contributed by atoms with E-state index in [0.717, 1.165) is 26.1 Å². The summed E-state index contributed by atoms with van der Waals surface area (Å²) < 4.78 is 0. The Hall–Kier alpha value is -0.930. The molecule has 0 saturated carbocycles. The lowest BCUT2D eigenvalue weighted by Gasteiger charge is -2.25. The van der Waals surface area contributed by atoms with Crippen LogP contribution in [0, 0.1) is 0 Å². The van der Waals surface area contributed by atoms with Gasteiger partial charge in [-0.05, 0) is 44.5 Å². The van der Waals surface area contributed by atoms with E-state index in [0.29, 0.717) is 0 Å². The lowest BCUT2D eigenvalue weighted by molar-refractivity contribution is 0.0573. The monoisotopic (exact) mass is 222 g/mol. The molecule has 0 spiro atoms. The van der Waals surface area contributed by atoms with Crippen LogP contribution in [0.1, 0.15) is 32.8 Å². The second-order valence-corrected chi connectivity index (χ2v) is 4.79. The third kappa shape index (κ3) is 5.24. The van der Waals surface area contributed by atoms with Gasteiger partial charge in [0.15, 0.2) is 0 Å². The Morgan fingerprint density at radius 2 is 1.94 bits per heavy atom. The van der Waals surface area contributed by atoms with Crippen LogP contribution in [0.15, 0.2) is 24.5 Å². The summed E-state index contributed by atoms with van der Waals surface area (Å²) in [6.45, 7) is 8.70. The van der Waals surface area contributed by atoms with E-state index < -0.39 is 5.60 Å². The van der Waals surface area contributed by atoms with E-state index in [1.165, 1.54) is 5.56 Å². The molecular formula is C13H22N2O. The van der Waals surface area contributed by atoms with Crippen molar-refractivity contribution in [2.45, 2.75) is 39.3 Å². The molecule has 1 heterocycles. The van der Waals surface area contributed by atoms with Gasteiger partial charge in [-0.1, -0.05) is 6.92 Å². The van der Waals surface area contributed by atoms with Crippen LogP contribution in [0.2, 0.25) is 0 Å². The van der Waals surface area contributed by atoms with Crippen LogP contribution in [0.5, 0.6) is 0 Å². The van der Waals surface area contributed by atoms with Gasteiger partial charge in [-0.2, -0.15) is 0 Å². The Morgan fingerprint density at radius 1 is 1.31 bits per heavy atom. The molecule has 16 heavy (non-hydrogen) atoms. The van der Waals surface area contributed by atoms with Gasteiger partial charge in [-0.3, -0.25) is 9.88 Å². The van der Waals surface area contributed by atoms with Gasteiger partial charge >= 0.3 is 0 Å². The zero-order chi connectivity index (χ0) is 12.0. The van der Waals surface area contributed by atoms with Crippen LogP contribution in [0.3, 0.4) is 0 Å². The number of rotatable bonds is 6. The largest absolute Gasteiger partial charge is 0.390 e. The van der Waals surface area contributed by atoms with Crippen molar-refractivity contribution in [2.24, 2.45) is 0 Å². The Kier molecular flexibility index (Phi) is 4.90. The zero-order valence-corrected chi connectivity index (χ0v) is 10.5. The molecule has 0 bridgehead atoms. The molecule has 0 aliphatic rings. The van der Waals surface area contributed by atoms with Crippen molar-refractivity contribution < 1.29 is 5.11 Å². The van der Waals surface area contributed by atoms with Crippen LogP contribution in [0.25, 0.3) is 0 Å². The number of aromatic nitrogens is 1. The normalized spacial score (nSPS) is 12.1. The van der Waals surface area contributed by atoms with Gasteiger partial charge in [0.05, 0.1) is 5.60 Å². The quantitative estimate of drug-likeness (QED) is 0.800. The first-order chi connectivity index (χ1) is 7.51. The van der Waals surface area contributed by atoms with Crippen molar-refractivity contribution in [2.75, 3.05) is 13.1 Å². The fraction of sp³-hybridized carbons (Fsp3) is 0.615. The van der Waals surface area contributed by atoms with Crippen molar-refractivity contribution in [3.8, 4) is 0 Å². The summed E-state index contributed by atoms with van der Waals surface area (Å²) in [5.74, 6) is 0. The van der Waals surface area contributed by atoms with E-state index >= 15 is 0 Å². The van der Waals surface area contributed by atoms with Crippen molar-refractivity contribution >= 4 is 0 Å². The highest BCUT2D eigenvalue weighted by Crippen LogP contribution is 2.10. The molecule has 0 atom stereocenters. The maximum Gasteiger partial charge on any atom is 0.0603 e. The lowest BCUT2D eigenvalue weighted by Crippen LogP contribution is -2.30. The first-order valence-electron chi connectivity index (χ1n) is 5.85. The molecule has 0 aromatic carbocycles. The molecule has 0 aliphatic heterocycles. The van der Waals surface area contributed by atoms with E-state index in [1.54, 1.807) is 0 Å². The van der Waals surface area contributed by atoms with Crippen LogP contribution < -0.4 is 0 Å². The summed E-state index contributed by atoms with van der Waals surface area (Å²) in [5.41, 5.74) is 0.693. The third-order valence-electron chi connectivity index (χ3n) is 2.64. The smallest absolute Gasteiger partial charge is 0.0603 e. The SMILES string of the molecule is CCN(CCC(C)(C)O)Cc1ccncc1. The van der Waals surface area contributed by atoms with Crippen molar-refractivity contribution in [1.29, 1.82) is 0 Å². The highest BCUT2D eigenvalue weighted by atomic mass is 16.3. The molecule has 0 amide bonds. The Morgan fingerprint density at radius 3 is 2.44 bits per heavy atom. The minimum Gasteiger partial charge on any atom is -0.390 e. The van der Waals surface area contributed by atoms with E-state index in [-0.39, 0.29) is 0 Å². The summed E-state index contributed by atoms with van der Waals surface area (Å²) in [4.78, 5) is 6.33. The molecular weight excluding hydrogens is 200 g/mol. The Bertz CT molecular complexity index is 293. The summed E-state index contributed by atoms with van der Waals surface area (Å²) in [6.07, 6.45) is 4.43. The first-order valence-corrected chi connectivity index (χ1v) is 5.85. The van der Waals surface area contributed by atoms with Gasteiger partial charge in [0, 0.05) is 25.5 Å². The van der Waals surface area contributed by atoms with Crippen LogP contribution in [0.4, 0.5) is 0 Å². The molecule has 0 aliphatic carbocycles. The fourth-order valence-corrected chi connectivity index (χ4v) is 1.53. The average Bonchev–Trinajstić information content (AvgIpc) is 2.24. The van der Waals surface area contributed by atoms with Gasteiger partial charge in [0.25, 0.3) is 0 Å². The van der Waals surface area contributed by atoms with E-state index in [9.17, 15) is 5.11 Å². The van der Waals surface area contributed by atoms with Crippen LogP contribution in [-0.4, -0.2) is 33.7 Å². The minimum absolute atomic E-state index is 0.578. The molecule has 1 aromatic heterocycles. The summed E-state index contributed by atoms with van der Waals surface area (Å²) in [5, 5.41) is 9.69. The highest BCUT2D eigenvalue weighted by molar-refractivity contribution is 5.09. The number of pyridine rings is 1. The molecule has 3 nitrogen and oxygen atoms in total. The zero-order valence-electron chi connectivity index (χ0n) is 10.5. The van der Waals surface area contributed by atoms with Gasteiger partial charge in [-0.25, -0.2) is 0 Å². The van der Waals surface area contributed by atoms with Crippen molar-refractivity contribution in [3.63, 3.8) is 0 Å². The summed E-state index contributed by atoms with van der Waals surface area (Å²) in [7, 11) is 0. The van der Waals surface area contributed by atoms with Gasteiger partial charge in [0.1, 0.15) is 0 Å². The molecule has 1 N–H and O–H groups in total. The van der Waals surface area contributed by atoms with Gasteiger partial charge in [-0.15, -0.1) is 0 Å². The molecule has 1 aromatic rings. The van der Waals surface area contributed by atoms with Crippen LogP contribution in [-0.2, 0) is 6.54 Å². The third-order valence-corrected chi connectivity index (χ3v) is 2.64. The molecule has 1 rings (SSSR count). The molecule has 3 heteroatoms. The van der Waals surface area contributed by atoms with E-state index in [1.807, 2.05) is 38.4 Å². The molecule has 0 saturated heterocycles. The van der Waals surface area contributed by atoms with E-state index in [2.05, 4.69) is 16.8 Å². The molecule has 0 unspecified atom stereocenters. The Balaban J connectivity index is 2.44. The summed E-state index contributed by atoms with van der Waals surface area (Å²) in [6, 6.07) is 4.07. The first kappa shape index (κ1) is 13.1. The molecule has 0 radical (unpaired) electrons.